The van der Waals surface area contributed by atoms with Crippen LogP contribution in [0.25, 0.3) is 0 Å². The van der Waals surface area contributed by atoms with Crippen LogP contribution in [0.15, 0.2) is 0 Å². The smallest absolute Gasteiger partial charge is 0.0357 e. The van der Waals surface area contributed by atoms with Crippen molar-refractivity contribution in [3.8, 4) is 0 Å². The molecule has 1 aliphatic rings. The van der Waals surface area contributed by atoms with Crippen LogP contribution in [0, 0.1) is 41.4 Å². The summed E-state index contributed by atoms with van der Waals surface area (Å²) in [5, 5.41) is 0. The molecule has 22 heavy (non-hydrogen) atoms. The molecule has 0 nitrogen and oxygen atoms in total. The molecule has 1 rings (SSSR count). The molecular formula is C22H44. The van der Waals surface area contributed by atoms with Crippen LogP contribution in [0.1, 0.15) is 99.8 Å². The highest BCUT2D eigenvalue weighted by atomic mass is 14.4. The lowest BCUT2D eigenvalue weighted by atomic mass is 9.84. The van der Waals surface area contributed by atoms with Crippen molar-refractivity contribution >= 4 is 0 Å². The van der Waals surface area contributed by atoms with Crippen molar-refractivity contribution in [2.24, 2.45) is 41.4 Å². The molecule has 0 saturated heterocycles. The molecule has 0 amide bonds. The second-order valence-electron chi connectivity index (χ2n) is 9.28. The van der Waals surface area contributed by atoms with Crippen molar-refractivity contribution in [3.05, 3.63) is 0 Å². The summed E-state index contributed by atoms with van der Waals surface area (Å²) >= 11 is 0. The van der Waals surface area contributed by atoms with Crippen molar-refractivity contribution in [2.45, 2.75) is 99.8 Å². The Kier molecular flexibility index (Phi) is 9.10. The van der Waals surface area contributed by atoms with E-state index < -0.39 is 0 Å². The van der Waals surface area contributed by atoms with Gasteiger partial charge in [0.05, 0.1) is 0 Å². The van der Waals surface area contributed by atoms with E-state index in [0.717, 1.165) is 41.4 Å². The predicted octanol–water partition coefficient (Wildman–Crippen LogP) is 7.57. The van der Waals surface area contributed by atoms with Gasteiger partial charge in [-0.1, -0.05) is 80.6 Å². The quantitative estimate of drug-likeness (QED) is 0.326. The van der Waals surface area contributed by atoms with Gasteiger partial charge in [-0.05, 0) is 60.7 Å². The van der Waals surface area contributed by atoms with Gasteiger partial charge in [0.2, 0.25) is 0 Å². The third-order valence-corrected chi connectivity index (χ3v) is 6.41. The first-order valence-corrected chi connectivity index (χ1v) is 10.3. The normalized spacial score (nSPS) is 25.5. The summed E-state index contributed by atoms with van der Waals surface area (Å²) in [6.45, 7) is 16.8. The second-order valence-corrected chi connectivity index (χ2v) is 9.28. The molecular weight excluding hydrogens is 264 g/mol. The van der Waals surface area contributed by atoms with Crippen molar-refractivity contribution in [1.29, 1.82) is 0 Å². The van der Waals surface area contributed by atoms with E-state index in [0.29, 0.717) is 0 Å². The van der Waals surface area contributed by atoms with E-state index in [1.807, 2.05) is 0 Å². The SMILES string of the molecule is CCC(CCCCC1CC1C(C)CC(C)C)CC(C)C(C)C. The fourth-order valence-electron chi connectivity index (χ4n) is 4.34. The van der Waals surface area contributed by atoms with Crippen LogP contribution >= 0.6 is 0 Å². The minimum Gasteiger partial charge on any atom is -0.0651 e. The lowest BCUT2D eigenvalue weighted by Gasteiger charge is -2.22. The molecule has 0 aliphatic heterocycles. The molecule has 0 bridgehead atoms. The van der Waals surface area contributed by atoms with Crippen LogP contribution in [0.3, 0.4) is 0 Å². The fraction of sp³-hybridized carbons (Fsp3) is 1.00. The highest BCUT2D eigenvalue weighted by molar-refractivity contribution is 4.89. The molecule has 0 heteroatoms. The third-order valence-electron chi connectivity index (χ3n) is 6.41. The van der Waals surface area contributed by atoms with Gasteiger partial charge in [0, 0.05) is 0 Å². The Hall–Kier alpha value is 0. The summed E-state index contributed by atoms with van der Waals surface area (Å²) < 4.78 is 0. The maximum absolute atomic E-state index is 2.49. The zero-order valence-corrected chi connectivity index (χ0v) is 16.7. The molecule has 132 valence electrons. The summed E-state index contributed by atoms with van der Waals surface area (Å²) in [5.41, 5.74) is 0. The standard InChI is InChI=1S/C22H44/c1-8-20(14-18(6)17(4)5)11-9-10-12-21-15-22(21)19(7)13-16(2)3/h16-22H,8-15H2,1-7H3. The number of unbranched alkanes of at least 4 members (excludes halogenated alkanes) is 1. The molecule has 0 aromatic carbocycles. The Bertz CT molecular complexity index is 278. The first-order valence-electron chi connectivity index (χ1n) is 10.3. The monoisotopic (exact) mass is 308 g/mol. The number of hydrogen-bond donors (Lipinski definition) is 0. The average molecular weight is 309 g/mol. The maximum Gasteiger partial charge on any atom is -0.0357 e. The van der Waals surface area contributed by atoms with Crippen LogP contribution in [-0.2, 0) is 0 Å². The highest BCUT2D eigenvalue weighted by Gasteiger charge is 2.39. The predicted molar refractivity (Wildman–Crippen MR) is 101 cm³/mol. The van der Waals surface area contributed by atoms with Gasteiger partial charge in [0.15, 0.2) is 0 Å². The minimum absolute atomic E-state index is 0.851. The topological polar surface area (TPSA) is 0 Å². The van der Waals surface area contributed by atoms with Gasteiger partial charge in [0.1, 0.15) is 0 Å². The van der Waals surface area contributed by atoms with Crippen molar-refractivity contribution in [3.63, 3.8) is 0 Å². The summed E-state index contributed by atoms with van der Waals surface area (Å²) in [7, 11) is 0. The highest BCUT2D eigenvalue weighted by Crippen LogP contribution is 2.49. The summed E-state index contributed by atoms with van der Waals surface area (Å²) in [6, 6.07) is 0. The Balaban J connectivity index is 2.10. The number of hydrogen-bond acceptors (Lipinski definition) is 0. The summed E-state index contributed by atoms with van der Waals surface area (Å²) in [6.07, 6.45) is 11.8. The van der Waals surface area contributed by atoms with Crippen molar-refractivity contribution < 1.29 is 0 Å². The first kappa shape index (κ1) is 20.0. The second kappa shape index (κ2) is 9.99. The van der Waals surface area contributed by atoms with Crippen LogP contribution in [0.4, 0.5) is 0 Å². The molecule has 0 aromatic rings. The van der Waals surface area contributed by atoms with Gasteiger partial charge in [0.25, 0.3) is 0 Å². The van der Waals surface area contributed by atoms with Crippen molar-refractivity contribution in [1.82, 2.24) is 0 Å². The molecule has 0 radical (unpaired) electrons. The number of rotatable bonds is 12. The average Bonchev–Trinajstić information content (AvgIpc) is 3.20. The molecule has 0 aromatic heterocycles. The zero-order valence-electron chi connectivity index (χ0n) is 16.7. The van der Waals surface area contributed by atoms with E-state index in [9.17, 15) is 0 Å². The Morgan fingerprint density at radius 1 is 0.909 bits per heavy atom. The molecule has 1 aliphatic carbocycles. The minimum atomic E-state index is 0.851. The summed E-state index contributed by atoms with van der Waals surface area (Å²) in [4.78, 5) is 0. The van der Waals surface area contributed by atoms with E-state index in [1.165, 1.54) is 51.4 Å². The van der Waals surface area contributed by atoms with E-state index in [-0.39, 0.29) is 0 Å². The van der Waals surface area contributed by atoms with Crippen LogP contribution < -0.4 is 0 Å². The molecule has 5 atom stereocenters. The van der Waals surface area contributed by atoms with Crippen LogP contribution in [0.2, 0.25) is 0 Å². The van der Waals surface area contributed by atoms with Gasteiger partial charge in [-0.3, -0.25) is 0 Å². The largest absolute Gasteiger partial charge is 0.0651 e. The van der Waals surface area contributed by atoms with Gasteiger partial charge in [-0.25, -0.2) is 0 Å². The lowest BCUT2D eigenvalue weighted by molar-refractivity contribution is 0.294. The molecule has 0 heterocycles. The molecule has 0 spiro atoms. The van der Waals surface area contributed by atoms with Crippen LogP contribution in [-0.4, -0.2) is 0 Å². The zero-order chi connectivity index (χ0) is 16.7. The molecule has 0 N–H and O–H groups in total. The Labute approximate surface area is 141 Å². The van der Waals surface area contributed by atoms with E-state index in [1.54, 1.807) is 0 Å². The van der Waals surface area contributed by atoms with E-state index in [2.05, 4.69) is 48.5 Å². The van der Waals surface area contributed by atoms with E-state index in [4.69, 9.17) is 0 Å². The van der Waals surface area contributed by atoms with Crippen LogP contribution in [0.5, 0.6) is 0 Å². The van der Waals surface area contributed by atoms with Gasteiger partial charge >= 0.3 is 0 Å². The molecule has 5 unspecified atom stereocenters. The summed E-state index contributed by atoms with van der Waals surface area (Å²) in [5.74, 6) is 6.74. The first-order chi connectivity index (χ1) is 10.3. The maximum atomic E-state index is 2.49. The Morgan fingerprint density at radius 2 is 1.59 bits per heavy atom. The van der Waals surface area contributed by atoms with Crippen molar-refractivity contribution in [2.75, 3.05) is 0 Å². The lowest BCUT2D eigenvalue weighted by Crippen LogP contribution is -2.11. The van der Waals surface area contributed by atoms with E-state index >= 15 is 0 Å². The van der Waals surface area contributed by atoms with Gasteiger partial charge in [-0.15, -0.1) is 0 Å². The molecule has 1 fully saturated rings. The molecule has 1 saturated carbocycles. The fourth-order valence-corrected chi connectivity index (χ4v) is 4.34. The Morgan fingerprint density at radius 3 is 2.14 bits per heavy atom. The van der Waals surface area contributed by atoms with Gasteiger partial charge in [-0.2, -0.15) is 0 Å². The van der Waals surface area contributed by atoms with Gasteiger partial charge < -0.3 is 0 Å². The third kappa shape index (κ3) is 7.51.